The molecule has 0 aromatic heterocycles. The molecular weight excluding hydrogens is 277 g/mol. The summed E-state index contributed by atoms with van der Waals surface area (Å²) in [5.74, 6) is -1.39. The SMILES string of the molecule is CC1(c2ccc(Br)cc2F)OCC(CN)O1. The Morgan fingerprint density at radius 2 is 2.38 bits per heavy atom. The van der Waals surface area contributed by atoms with Crippen LogP contribution in [0.1, 0.15) is 12.5 Å². The Hall–Kier alpha value is -0.490. The second-order valence-electron chi connectivity index (χ2n) is 3.86. The average molecular weight is 290 g/mol. The van der Waals surface area contributed by atoms with E-state index in [9.17, 15) is 4.39 Å². The molecule has 5 heteroatoms. The lowest BCUT2D eigenvalue weighted by molar-refractivity contribution is -0.162. The summed E-state index contributed by atoms with van der Waals surface area (Å²) in [5.41, 5.74) is 5.88. The first-order chi connectivity index (χ1) is 7.55. The molecule has 0 aliphatic carbocycles. The van der Waals surface area contributed by atoms with E-state index in [-0.39, 0.29) is 11.9 Å². The third-order valence-electron chi connectivity index (χ3n) is 2.62. The quantitative estimate of drug-likeness (QED) is 0.907. The Kier molecular flexibility index (Phi) is 3.30. The fourth-order valence-corrected chi connectivity index (χ4v) is 2.09. The standard InChI is InChI=1S/C11H13BrFNO2/c1-11(15-6-8(5-14)16-11)9-3-2-7(12)4-10(9)13/h2-4,8H,5-6,14H2,1H3. The van der Waals surface area contributed by atoms with Gasteiger partial charge in [-0.1, -0.05) is 15.9 Å². The first kappa shape index (κ1) is 12.0. The lowest BCUT2D eigenvalue weighted by Crippen LogP contribution is -2.28. The number of nitrogens with two attached hydrogens (primary N) is 1. The smallest absolute Gasteiger partial charge is 0.195 e. The van der Waals surface area contributed by atoms with Crippen LogP contribution >= 0.6 is 15.9 Å². The monoisotopic (exact) mass is 289 g/mol. The lowest BCUT2D eigenvalue weighted by atomic mass is 10.1. The number of rotatable bonds is 2. The Morgan fingerprint density at radius 3 is 2.94 bits per heavy atom. The van der Waals surface area contributed by atoms with Crippen molar-refractivity contribution in [3.8, 4) is 0 Å². The maximum absolute atomic E-state index is 13.8. The summed E-state index contributed by atoms with van der Waals surface area (Å²) >= 11 is 3.21. The summed E-state index contributed by atoms with van der Waals surface area (Å²) in [4.78, 5) is 0. The summed E-state index contributed by atoms with van der Waals surface area (Å²) in [6.07, 6.45) is -0.173. The normalized spacial score (nSPS) is 29.6. The van der Waals surface area contributed by atoms with E-state index in [4.69, 9.17) is 15.2 Å². The lowest BCUT2D eigenvalue weighted by Gasteiger charge is -2.24. The molecule has 0 amide bonds. The molecule has 1 aliphatic heterocycles. The van der Waals surface area contributed by atoms with Gasteiger partial charge >= 0.3 is 0 Å². The van der Waals surface area contributed by atoms with E-state index >= 15 is 0 Å². The summed E-state index contributed by atoms with van der Waals surface area (Å²) in [6.45, 7) is 2.46. The maximum atomic E-state index is 13.8. The van der Waals surface area contributed by atoms with E-state index in [0.717, 1.165) is 0 Å². The highest BCUT2D eigenvalue weighted by molar-refractivity contribution is 9.10. The van der Waals surface area contributed by atoms with Crippen LogP contribution in [0, 0.1) is 5.82 Å². The van der Waals surface area contributed by atoms with Gasteiger partial charge < -0.3 is 15.2 Å². The van der Waals surface area contributed by atoms with Crippen molar-refractivity contribution in [3.63, 3.8) is 0 Å². The highest BCUT2D eigenvalue weighted by atomic mass is 79.9. The molecular formula is C11H13BrFNO2. The molecule has 1 aromatic carbocycles. The maximum Gasteiger partial charge on any atom is 0.195 e. The highest BCUT2D eigenvalue weighted by Gasteiger charge is 2.40. The zero-order valence-corrected chi connectivity index (χ0v) is 10.5. The first-order valence-corrected chi connectivity index (χ1v) is 5.82. The van der Waals surface area contributed by atoms with Crippen LogP contribution in [0.2, 0.25) is 0 Å². The minimum atomic E-state index is -1.03. The summed E-state index contributed by atoms with van der Waals surface area (Å²) in [5, 5.41) is 0. The molecule has 1 saturated heterocycles. The summed E-state index contributed by atoms with van der Waals surface area (Å²) < 4.78 is 25.5. The van der Waals surface area contributed by atoms with Crippen molar-refractivity contribution in [2.75, 3.05) is 13.2 Å². The Bertz CT molecular complexity index is 402. The number of benzene rings is 1. The second kappa shape index (κ2) is 4.41. The van der Waals surface area contributed by atoms with Gasteiger partial charge in [0.25, 0.3) is 0 Å². The highest BCUT2D eigenvalue weighted by Crippen LogP contribution is 2.35. The Labute approximate surface area is 102 Å². The predicted molar refractivity (Wildman–Crippen MR) is 61.3 cm³/mol. The molecule has 0 radical (unpaired) electrons. The van der Waals surface area contributed by atoms with Crippen molar-refractivity contribution in [2.24, 2.45) is 5.73 Å². The largest absolute Gasteiger partial charge is 0.343 e. The number of ether oxygens (including phenoxy) is 2. The van der Waals surface area contributed by atoms with Gasteiger partial charge in [0.2, 0.25) is 0 Å². The van der Waals surface area contributed by atoms with E-state index in [2.05, 4.69) is 15.9 Å². The van der Waals surface area contributed by atoms with Gasteiger partial charge in [0.05, 0.1) is 12.7 Å². The first-order valence-electron chi connectivity index (χ1n) is 5.02. The van der Waals surface area contributed by atoms with Crippen molar-refractivity contribution < 1.29 is 13.9 Å². The van der Waals surface area contributed by atoms with Gasteiger partial charge in [0.1, 0.15) is 5.82 Å². The Balaban J connectivity index is 2.30. The molecule has 2 atom stereocenters. The van der Waals surface area contributed by atoms with Gasteiger partial charge in [-0.3, -0.25) is 0 Å². The van der Waals surface area contributed by atoms with E-state index in [1.54, 1.807) is 19.1 Å². The minimum Gasteiger partial charge on any atom is -0.343 e. The molecule has 0 bridgehead atoms. The van der Waals surface area contributed by atoms with Crippen LogP contribution in [0.5, 0.6) is 0 Å². The molecule has 3 nitrogen and oxygen atoms in total. The molecule has 1 fully saturated rings. The zero-order valence-electron chi connectivity index (χ0n) is 8.87. The average Bonchev–Trinajstić information content (AvgIpc) is 2.61. The molecule has 2 N–H and O–H groups in total. The predicted octanol–water partition coefficient (Wildman–Crippen LogP) is 2.14. The molecule has 1 aromatic rings. The van der Waals surface area contributed by atoms with Gasteiger partial charge in [0.15, 0.2) is 5.79 Å². The summed E-state index contributed by atoms with van der Waals surface area (Å²) in [6, 6.07) is 4.80. The van der Waals surface area contributed by atoms with E-state index in [1.165, 1.54) is 6.07 Å². The third kappa shape index (κ3) is 2.13. The fourth-order valence-electron chi connectivity index (χ4n) is 1.75. The Morgan fingerprint density at radius 1 is 1.62 bits per heavy atom. The second-order valence-corrected chi connectivity index (χ2v) is 4.77. The van der Waals surface area contributed by atoms with Crippen LogP contribution < -0.4 is 5.73 Å². The van der Waals surface area contributed by atoms with Gasteiger partial charge in [-0.25, -0.2) is 4.39 Å². The molecule has 2 unspecified atom stereocenters. The molecule has 2 rings (SSSR count). The van der Waals surface area contributed by atoms with Crippen LogP contribution in [0.15, 0.2) is 22.7 Å². The van der Waals surface area contributed by atoms with Crippen LogP contribution in [0.4, 0.5) is 4.39 Å². The number of hydrogen-bond acceptors (Lipinski definition) is 3. The van der Waals surface area contributed by atoms with Crippen molar-refractivity contribution >= 4 is 15.9 Å². The van der Waals surface area contributed by atoms with E-state index in [1.807, 2.05) is 0 Å². The van der Waals surface area contributed by atoms with Gasteiger partial charge in [-0.2, -0.15) is 0 Å². The third-order valence-corrected chi connectivity index (χ3v) is 3.11. The topological polar surface area (TPSA) is 44.5 Å². The number of hydrogen-bond donors (Lipinski definition) is 1. The molecule has 88 valence electrons. The van der Waals surface area contributed by atoms with E-state index in [0.29, 0.717) is 23.2 Å². The molecule has 0 spiro atoms. The van der Waals surface area contributed by atoms with Crippen LogP contribution in [-0.2, 0) is 15.3 Å². The molecule has 1 aliphatic rings. The van der Waals surface area contributed by atoms with Gasteiger partial charge in [-0.15, -0.1) is 0 Å². The van der Waals surface area contributed by atoms with Crippen molar-refractivity contribution in [2.45, 2.75) is 18.8 Å². The summed E-state index contributed by atoms with van der Waals surface area (Å²) in [7, 11) is 0. The molecule has 0 saturated carbocycles. The minimum absolute atomic E-state index is 0.173. The zero-order chi connectivity index (χ0) is 11.8. The fraction of sp³-hybridized carbons (Fsp3) is 0.455. The van der Waals surface area contributed by atoms with E-state index < -0.39 is 5.79 Å². The van der Waals surface area contributed by atoms with Crippen molar-refractivity contribution in [3.05, 3.63) is 34.1 Å². The van der Waals surface area contributed by atoms with Crippen LogP contribution in [-0.4, -0.2) is 19.3 Å². The molecule has 1 heterocycles. The van der Waals surface area contributed by atoms with Crippen LogP contribution in [0.3, 0.4) is 0 Å². The van der Waals surface area contributed by atoms with Crippen LogP contribution in [0.25, 0.3) is 0 Å². The van der Waals surface area contributed by atoms with Gasteiger partial charge in [-0.05, 0) is 25.1 Å². The van der Waals surface area contributed by atoms with Crippen molar-refractivity contribution in [1.29, 1.82) is 0 Å². The van der Waals surface area contributed by atoms with Gasteiger partial charge in [0, 0.05) is 16.6 Å². The van der Waals surface area contributed by atoms with Crippen molar-refractivity contribution in [1.82, 2.24) is 0 Å². The number of halogens is 2. The molecule has 16 heavy (non-hydrogen) atoms.